The molecule has 74 heavy (non-hydrogen) atoms. The Balaban J connectivity index is 1.71. The zero-order chi connectivity index (χ0) is 53.7. The second-order valence-electron chi connectivity index (χ2n) is 20.4. The van der Waals surface area contributed by atoms with Crippen molar-refractivity contribution in [2.75, 3.05) is 33.0 Å². The first kappa shape index (κ1) is 67.8. The zero-order valence-electron chi connectivity index (χ0n) is 46.1. The molecule has 14 heteroatoms. The third-order valence-corrected chi connectivity index (χ3v) is 13.8. The molecule has 2 fully saturated rings. The smallest absolute Gasteiger partial charge is 0.306 e. The number of allylic oxidation sites excluding steroid dienone is 10. The number of carbonyl (C=O) groups excluding carboxylic acids is 1. The maximum absolute atomic E-state index is 13.1. The minimum Gasteiger partial charge on any atom is -0.457 e. The predicted octanol–water partition coefficient (Wildman–Crippen LogP) is 10.5. The number of hydrogen-bond donors (Lipinski definition) is 7. The number of ether oxygens (including phenoxy) is 6. The number of aliphatic hydroxyl groups excluding tert-OH is 7. The van der Waals surface area contributed by atoms with Crippen molar-refractivity contribution in [1.29, 1.82) is 0 Å². The third kappa shape index (κ3) is 33.1. The second-order valence-corrected chi connectivity index (χ2v) is 20.4. The van der Waals surface area contributed by atoms with E-state index in [2.05, 4.69) is 74.6 Å². The van der Waals surface area contributed by atoms with Gasteiger partial charge >= 0.3 is 5.97 Å². The van der Waals surface area contributed by atoms with Gasteiger partial charge in [0.1, 0.15) is 54.9 Å². The van der Waals surface area contributed by atoms with Crippen LogP contribution in [0.1, 0.15) is 213 Å². The lowest BCUT2D eigenvalue weighted by Gasteiger charge is -2.42. The van der Waals surface area contributed by atoms with Crippen molar-refractivity contribution in [2.45, 2.75) is 280 Å². The van der Waals surface area contributed by atoms with Crippen LogP contribution >= 0.6 is 0 Å². The van der Waals surface area contributed by atoms with Crippen molar-refractivity contribution < 1.29 is 69.0 Å². The van der Waals surface area contributed by atoms with Gasteiger partial charge in [-0.2, -0.15) is 0 Å². The van der Waals surface area contributed by atoms with Crippen LogP contribution in [0.2, 0.25) is 0 Å². The van der Waals surface area contributed by atoms with Gasteiger partial charge in [0.05, 0.1) is 26.4 Å². The molecular formula is C60H106O14. The maximum Gasteiger partial charge on any atom is 0.306 e. The van der Waals surface area contributed by atoms with E-state index in [0.717, 1.165) is 77.0 Å². The molecule has 2 saturated heterocycles. The van der Waals surface area contributed by atoms with Gasteiger partial charge in [-0.05, 0) is 77.0 Å². The fourth-order valence-corrected chi connectivity index (χ4v) is 9.04. The highest BCUT2D eigenvalue weighted by Crippen LogP contribution is 2.27. The fraction of sp³-hybridized carbons (Fsp3) is 0.817. The van der Waals surface area contributed by atoms with Gasteiger partial charge in [0.2, 0.25) is 0 Å². The minimum atomic E-state index is -1.71. The molecule has 0 radical (unpaired) electrons. The molecule has 0 aliphatic carbocycles. The molecule has 0 aromatic heterocycles. The lowest BCUT2D eigenvalue weighted by atomic mass is 9.98. The second kappa shape index (κ2) is 46.8. The number of esters is 1. The van der Waals surface area contributed by atoms with Crippen molar-refractivity contribution in [2.24, 2.45) is 0 Å². The monoisotopic (exact) mass is 1050 g/mol. The van der Waals surface area contributed by atoms with E-state index in [1.807, 2.05) is 0 Å². The molecule has 2 rings (SSSR count). The van der Waals surface area contributed by atoms with Crippen LogP contribution in [0.15, 0.2) is 60.8 Å². The molecule has 7 N–H and O–H groups in total. The first-order valence-corrected chi connectivity index (χ1v) is 29.4. The third-order valence-electron chi connectivity index (χ3n) is 13.8. The summed E-state index contributed by atoms with van der Waals surface area (Å²) in [5, 5.41) is 72.3. The molecule has 14 nitrogen and oxygen atoms in total. The van der Waals surface area contributed by atoms with Gasteiger partial charge in [-0.15, -0.1) is 0 Å². The molecular weight excluding hydrogens is 945 g/mol. The number of hydrogen-bond acceptors (Lipinski definition) is 14. The molecule has 0 aromatic rings. The molecule has 11 unspecified atom stereocenters. The van der Waals surface area contributed by atoms with E-state index in [1.54, 1.807) is 0 Å². The zero-order valence-corrected chi connectivity index (χ0v) is 46.1. The van der Waals surface area contributed by atoms with Crippen LogP contribution in [0, 0.1) is 0 Å². The predicted molar refractivity (Wildman–Crippen MR) is 293 cm³/mol. The minimum absolute atomic E-state index is 0.0546. The van der Waals surface area contributed by atoms with Gasteiger partial charge in [0, 0.05) is 13.0 Å². The molecule has 11 atom stereocenters. The van der Waals surface area contributed by atoms with E-state index in [0.29, 0.717) is 13.0 Å². The molecule has 0 bridgehead atoms. The molecule has 2 aliphatic rings. The van der Waals surface area contributed by atoms with Crippen molar-refractivity contribution in [3.63, 3.8) is 0 Å². The normalized spacial score (nSPS) is 25.2. The summed E-state index contributed by atoms with van der Waals surface area (Å²) in [6, 6.07) is 0. The lowest BCUT2D eigenvalue weighted by molar-refractivity contribution is -0.332. The SMILES string of the molecule is CC/C=C\C/C=C\C/C=C\C/C=C\CCCCCCCCCCCCC(=O)OC(COCCCCCCCC/C=C\CCCCCCCCC)COC1OC(COC2OC(CO)C(O)C(O)C2O)C(O)C(O)C1O. The average Bonchev–Trinajstić information content (AvgIpc) is 3.40. The Labute approximate surface area is 447 Å². The van der Waals surface area contributed by atoms with Crippen LogP contribution in [0.4, 0.5) is 0 Å². The first-order valence-electron chi connectivity index (χ1n) is 29.4. The summed E-state index contributed by atoms with van der Waals surface area (Å²) in [7, 11) is 0. The lowest BCUT2D eigenvalue weighted by Crippen LogP contribution is -2.61. The largest absolute Gasteiger partial charge is 0.457 e. The van der Waals surface area contributed by atoms with E-state index < -0.39 is 80.7 Å². The number of aliphatic hydroxyl groups is 7. The van der Waals surface area contributed by atoms with E-state index in [4.69, 9.17) is 28.4 Å². The number of rotatable bonds is 47. The molecule has 430 valence electrons. The van der Waals surface area contributed by atoms with Crippen molar-refractivity contribution >= 4 is 5.97 Å². The molecule has 0 aromatic carbocycles. The summed E-state index contributed by atoms with van der Waals surface area (Å²) in [5.41, 5.74) is 0. The Hall–Kier alpha value is -2.31. The highest BCUT2D eigenvalue weighted by atomic mass is 16.7. The fourth-order valence-electron chi connectivity index (χ4n) is 9.04. The van der Waals surface area contributed by atoms with Gasteiger partial charge in [-0.1, -0.05) is 190 Å². The summed E-state index contributed by atoms with van der Waals surface area (Å²) in [4.78, 5) is 13.1. The van der Waals surface area contributed by atoms with Gasteiger partial charge in [0.25, 0.3) is 0 Å². The molecule has 2 heterocycles. The van der Waals surface area contributed by atoms with Crippen LogP contribution in [-0.2, 0) is 33.2 Å². The first-order chi connectivity index (χ1) is 36.1. The highest BCUT2D eigenvalue weighted by Gasteiger charge is 2.47. The Morgan fingerprint density at radius 2 is 0.878 bits per heavy atom. The van der Waals surface area contributed by atoms with Crippen LogP contribution in [0.3, 0.4) is 0 Å². The Morgan fingerprint density at radius 3 is 1.39 bits per heavy atom. The summed E-state index contributed by atoms with van der Waals surface area (Å²) in [6.45, 7) is 3.57. The van der Waals surface area contributed by atoms with Crippen molar-refractivity contribution in [3.05, 3.63) is 60.8 Å². The quantitative estimate of drug-likeness (QED) is 0.0172. The average molecular weight is 1050 g/mol. The summed E-state index contributed by atoms with van der Waals surface area (Å²) in [6.07, 6.45) is 41.3. The highest BCUT2D eigenvalue weighted by molar-refractivity contribution is 5.69. The Bertz CT molecular complexity index is 1450. The van der Waals surface area contributed by atoms with E-state index in [9.17, 15) is 40.5 Å². The van der Waals surface area contributed by atoms with Gasteiger partial charge < -0.3 is 64.2 Å². The molecule has 0 amide bonds. The van der Waals surface area contributed by atoms with Crippen LogP contribution in [0.5, 0.6) is 0 Å². The number of carbonyl (C=O) groups is 1. The number of unbranched alkanes of at least 4 members (excludes halogenated alkanes) is 23. The summed E-state index contributed by atoms with van der Waals surface area (Å²) >= 11 is 0. The van der Waals surface area contributed by atoms with E-state index >= 15 is 0 Å². The standard InChI is InChI=1S/C60H106O14/c1-3-5-7-9-11-13-15-17-19-21-22-23-24-25-26-27-29-31-33-35-37-39-41-43-52(62)72-49(46-69-44-42-40-38-36-34-32-30-28-20-18-16-14-12-10-8-6-4-2)47-70-59-58(68)56(66)54(64)51(74-59)48-71-60-57(67)55(65)53(63)50(45-61)73-60/h5,7,11,13,17,19-20,22-23,28,49-51,53-61,63-68H,3-4,6,8-10,12,14-16,18,21,24-27,29-48H2,1-2H3/b7-5-,13-11-,19-17-,23-22-,28-20-. The molecule has 0 spiro atoms. The van der Waals surface area contributed by atoms with Gasteiger partial charge in [-0.3, -0.25) is 4.79 Å². The molecule has 2 aliphatic heterocycles. The van der Waals surface area contributed by atoms with Crippen LogP contribution in [-0.4, -0.2) is 142 Å². The summed E-state index contributed by atoms with van der Waals surface area (Å²) in [5.74, 6) is -0.383. The van der Waals surface area contributed by atoms with Crippen molar-refractivity contribution in [1.82, 2.24) is 0 Å². The molecule has 0 saturated carbocycles. The van der Waals surface area contributed by atoms with Gasteiger partial charge in [-0.25, -0.2) is 0 Å². The van der Waals surface area contributed by atoms with E-state index in [-0.39, 0.29) is 25.6 Å². The van der Waals surface area contributed by atoms with E-state index in [1.165, 1.54) is 109 Å². The topological polar surface area (TPSA) is 214 Å². The van der Waals surface area contributed by atoms with Crippen molar-refractivity contribution in [3.8, 4) is 0 Å². The van der Waals surface area contributed by atoms with Crippen LogP contribution < -0.4 is 0 Å². The van der Waals surface area contributed by atoms with Crippen LogP contribution in [0.25, 0.3) is 0 Å². The summed E-state index contributed by atoms with van der Waals surface area (Å²) < 4.78 is 34.4. The Kier molecular flexibility index (Phi) is 42.8. The van der Waals surface area contributed by atoms with Gasteiger partial charge in [0.15, 0.2) is 12.6 Å². The maximum atomic E-state index is 13.1. The Morgan fingerprint density at radius 1 is 0.459 bits per heavy atom.